The van der Waals surface area contributed by atoms with Gasteiger partial charge in [-0.1, -0.05) is 6.07 Å². The van der Waals surface area contributed by atoms with Crippen molar-refractivity contribution in [3.8, 4) is 5.75 Å². The van der Waals surface area contributed by atoms with Crippen LogP contribution < -0.4 is 16.2 Å². The molecule has 0 spiro atoms. The van der Waals surface area contributed by atoms with Gasteiger partial charge in [-0.2, -0.15) is 0 Å². The van der Waals surface area contributed by atoms with Crippen LogP contribution in [0.2, 0.25) is 0 Å². The van der Waals surface area contributed by atoms with Crippen LogP contribution in [-0.2, 0) is 0 Å². The van der Waals surface area contributed by atoms with Gasteiger partial charge in [-0.05, 0) is 50.3 Å². The Bertz CT molecular complexity index is 445. The second-order valence-corrected chi connectivity index (χ2v) is 5.03. The molecule has 1 aromatic rings. The summed E-state index contributed by atoms with van der Waals surface area (Å²) >= 11 is 0. The molecule has 98 valence electrons. The number of aryl methyl sites for hydroxylation is 1. The highest BCUT2D eigenvalue weighted by molar-refractivity contribution is 5.95. The van der Waals surface area contributed by atoms with Gasteiger partial charge >= 0.3 is 0 Å². The van der Waals surface area contributed by atoms with E-state index in [9.17, 15) is 4.79 Å². The molecule has 1 amide bonds. The van der Waals surface area contributed by atoms with Gasteiger partial charge < -0.3 is 16.2 Å². The fourth-order valence-electron chi connectivity index (χ4n) is 2.40. The van der Waals surface area contributed by atoms with E-state index < -0.39 is 5.91 Å². The molecule has 4 heteroatoms. The van der Waals surface area contributed by atoms with E-state index in [0.717, 1.165) is 31.2 Å². The number of hydrogen-bond acceptors (Lipinski definition) is 3. The average molecular weight is 248 g/mol. The van der Waals surface area contributed by atoms with Gasteiger partial charge in [0, 0.05) is 6.04 Å². The SMILES string of the molecule is Cc1ccc(C(N)=O)c(OC2CCCC(N)C2)c1. The molecule has 4 nitrogen and oxygen atoms in total. The smallest absolute Gasteiger partial charge is 0.252 e. The standard InChI is InChI=1S/C14H20N2O2/c1-9-5-6-12(14(16)17)13(7-9)18-11-4-2-3-10(15)8-11/h5-7,10-11H,2-4,8,15H2,1H3,(H2,16,17). The summed E-state index contributed by atoms with van der Waals surface area (Å²) in [6, 6.07) is 5.64. The Balaban J connectivity index is 2.16. The molecular weight excluding hydrogens is 228 g/mol. The summed E-state index contributed by atoms with van der Waals surface area (Å²) in [7, 11) is 0. The predicted molar refractivity (Wildman–Crippen MR) is 70.6 cm³/mol. The Morgan fingerprint density at radius 2 is 2.17 bits per heavy atom. The summed E-state index contributed by atoms with van der Waals surface area (Å²) in [5, 5.41) is 0. The molecule has 1 aliphatic rings. The van der Waals surface area contributed by atoms with Gasteiger partial charge in [0.2, 0.25) is 0 Å². The van der Waals surface area contributed by atoms with Crippen LogP contribution in [0.25, 0.3) is 0 Å². The van der Waals surface area contributed by atoms with Crippen molar-refractivity contribution in [2.75, 3.05) is 0 Å². The normalized spacial score (nSPS) is 23.7. The number of carbonyl (C=O) groups excluding carboxylic acids is 1. The van der Waals surface area contributed by atoms with E-state index >= 15 is 0 Å². The van der Waals surface area contributed by atoms with Crippen LogP contribution in [0.1, 0.15) is 41.6 Å². The molecule has 0 radical (unpaired) electrons. The molecule has 1 fully saturated rings. The highest BCUT2D eigenvalue weighted by Crippen LogP contribution is 2.26. The van der Waals surface area contributed by atoms with Crippen LogP contribution in [-0.4, -0.2) is 18.1 Å². The molecule has 1 saturated carbocycles. The van der Waals surface area contributed by atoms with Crippen LogP contribution >= 0.6 is 0 Å². The van der Waals surface area contributed by atoms with E-state index in [1.54, 1.807) is 6.07 Å². The number of nitrogens with two attached hydrogens (primary N) is 2. The summed E-state index contributed by atoms with van der Waals surface area (Å²) in [5.74, 6) is 0.131. The molecule has 2 rings (SSSR count). The second kappa shape index (κ2) is 5.40. The molecular formula is C14H20N2O2. The Morgan fingerprint density at radius 3 is 2.83 bits per heavy atom. The maximum Gasteiger partial charge on any atom is 0.252 e. The first-order valence-electron chi connectivity index (χ1n) is 6.39. The predicted octanol–water partition coefficient (Wildman–Crippen LogP) is 1.74. The third-order valence-electron chi connectivity index (χ3n) is 3.36. The van der Waals surface area contributed by atoms with Gasteiger partial charge in [-0.25, -0.2) is 0 Å². The lowest BCUT2D eigenvalue weighted by molar-refractivity contribution is 0.0986. The third kappa shape index (κ3) is 3.01. The summed E-state index contributed by atoms with van der Waals surface area (Å²) in [4.78, 5) is 11.4. The second-order valence-electron chi connectivity index (χ2n) is 5.03. The van der Waals surface area contributed by atoms with E-state index in [1.807, 2.05) is 19.1 Å². The molecule has 0 aromatic heterocycles. The molecule has 2 atom stereocenters. The van der Waals surface area contributed by atoms with Crippen LogP contribution in [0.5, 0.6) is 5.75 Å². The number of carbonyl (C=O) groups is 1. The van der Waals surface area contributed by atoms with Crippen molar-refractivity contribution < 1.29 is 9.53 Å². The fraction of sp³-hybridized carbons (Fsp3) is 0.500. The number of ether oxygens (including phenoxy) is 1. The Kier molecular flexibility index (Phi) is 3.87. The Hall–Kier alpha value is -1.55. The largest absolute Gasteiger partial charge is 0.490 e. The van der Waals surface area contributed by atoms with Crippen molar-refractivity contribution in [3.05, 3.63) is 29.3 Å². The summed E-state index contributed by atoms with van der Waals surface area (Å²) in [6.45, 7) is 1.96. The number of amides is 1. The first-order chi connectivity index (χ1) is 8.56. The highest BCUT2D eigenvalue weighted by atomic mass is 16.5. The van der Waals surface area contributed by atoms with Crippen LogP contribution in [0.15, 0.2) is 18.2 Å². The average Bonchev–Trinajstić information content (AvgIpc) is 2.28. The fourth-order valence-corrected chi connectivity index (χ4v) is 2.40. The van der Waals surface area contributed by atoms with Gasteiger partial charge in [-0.15, -0.1) is 0 Å². The highest BCUT2D eigenvalue weighted by Gasteiger charge is 2.22. The molecule has 0 bridgehead atoms. The molecule has 1 aliphatic carbocycles. The van der Waals surface area contributed by atoms with Gasteiger partial charge in [0.05, 0.1) is 5.56 Å². The van der Waals surface area contributed by atoms with Crippen molar-refractivity contribution >= 4 is 5.91 Å². The Labute approximate surface area is 107 Å². The zero-order valence-corrected chi connectivity index (χ0v) is 10.7. The lowest BCUT2D eigenvalue weighted by atomic mass is 9.93. The molecule has 1 aromatic carbocycles. The minimum atomic E-state index is -0.454. The van der Waals surface area contributed by atoms with Crippen molar-refractivity contribution in [1.29, 1.82) is 0 Å². The van der Waals surface area contributed by atoms with E-state index in [2.05, 4.69) is 0 Å². The van der Waals surface area contributed by atoms with Gasteiger partial charge in [0.25, 0.3) is 5.91 Å². The molecule has 18 heavy (non-hydrogen) atoms. The lowest BCUT2D eigenvalue weighted by Gasteiger charge is -2.28. The maximum absolute atomic E-state index is 11.4. The maximum atomic E-state index is 11.4. The number of primary amides is 1. The number of benzene rings is 1. The summed E-state index contributed by atoms with van der Waals surface area (Å²) < 4.78 is 5.92. The van der Waals surface area contributed by atoms with E-state index in [1.165, 1.54) is 0 Å². The van der Waals surface area contributed by atoms with Crippen molar-refractivity contribution in [1.82, 2.24) is 0 Å². The lowest BCUT2D eigenvalue weighted by Crippen LogP contribution is -2.34. The minimum absolute atomic E-state index is 0.0913. The topological polar surface area (TPSA) is 78.3 Å². The van der Waals surface area contributed by atoms with Gasteiger partial charge in [-0.3, -0.25) is 4.79 Å². The van der Waals surface area contributed by atoms with Crippen LogP contribution in [0.4, 0.5) is 0 Å². The summed E-state index contributed by atoms with van der Waals surface area (Å²) in [5.41, 5.74) is 12.8. The molecule has 4 N–H and O–H groups in total. The van der Waals surface area contributed by atoms with Crippen molar-refractivity contribution in [2.45, 2.75) is 44.8 Å². The number of rotatable bonds is 3. The zero-order valence-electron chi connectivity index (χ0n) is 10.7. The molecule has 0 heterocycles. The van der Waals surface area contributed by atoms with E-state index in [0.29, 0.717) is 11.3 Å². The van der Waals surface area contributed by atoms with E-state index in [-0.39, 0.29) is 12.1 Å². The van der Waals surface area contributed by atoms with Crippen molar-refractivity contribution in [3.63, 3.8) is 0 Å². The zero-order chi connectivity index (χ0) is 13.1. The van der Waals surface area contributed by atoms with Gasteiger partial charge in [0.1, 0.15) is 11.9 Å². The first kappa shape index (κ1) is 12.9. The number of hydrogen-bond donors (Lipinski definition) is 2. The quantitative estimate of drug-likeness (QED) is 0.855. The van der Waals surface area contributed by atoms with Crippen LogP contribution in [0, 0.1) is 6.92 Å². The summed E-state index contributed by atoms with van der Waals surface area (Å²) in [6.07, 6.45) is 4.04. The first-order valence-corrected chi connectivity index (χ1v) is 6.39. The van der Waals surface area contributed by atoms with E-state index in [4.69, 9.17) is 16.2 Å². The van der Waals surface area contributed by atoms with Gasteiger partial charge in [0.15, 0.2) is 0 Å². The third-order valence-corrected chi connectivity index (χ3v) is 3.36. The minimum Gasteiger partial charge on any atom is -0.490 e. The molecule has 0 saturated heterocycles. The Morgan fingerprint density at radius 1 is 1.39 bits per heavy atom. The molecule has 0 aliphatic heterocycles. The monoisotopic (exact) mass is 248 g/mol. The molecule has 2 unspecified atom stereocenters. The van der Waals surface area contributed by atoms with Crippen molar-refractivity contribution in [2.24, 2.45) is 11.5 Å². The van der Waals surface area contributed by atoms with Crippen LogP contribution in [0.3, 0.4) is 0 Å².